The molecule has 1 rings (SSSR count). The molecule has 0 heterocycles. The van der Waals surface area contributed by atoms with Crippen LogP contribution in [0.5, 0.6) is 0 Å². The number of hydrogen-bond acceptors (Lipinski definition) is 1. The van der Waals surface area contributed by atoms with Gasteiger partial charge in [-0.05, 0) is 51.0 Å². The van der Waals surface area contributed by atoms with Gasteiger partial charge in [-0.2, -0.15) is 0 Å². The number of rotatable bonds is 5. The first kappa shape index (κ1) is 17.7. The van der Waals surface area contributed by atoms with Gasteiger partial charge in [0.15, 0.2) is 0 Å². The summed E-state index contributed by atoms with van der Waals surface area (Å²) in [7, 11) is 0. The molecule has 0 saturated heterocycles. The highest BCUT2D eigenvalue weighted by molar-refractivity contribution is 5.79. The highest BCUT2D eigenvalue weighted by atomic mass is 16.1. The third-order valence-corrected chi connectivity index (χ3v) is 4.46. The zero-order valence-corrected chi connectivity index (χ0v) is 14.5. The topological polar surface area (TPSA) is 17.1 Å². The van der Waals surface area contributed by atoms with E-state index in [4.69, 9.17) is 0 Å². The van der Waals surface area contributed by atoms with E-state index in [1.807, 2.05) is 19.1 Å². The molecule has 0 amide bonds. The van der Waals surface area contributed by atoms with Gasteiger partial charge in [-0.25, -0.2) is 0 Å². The first-order valence-corrected chi connectivity index (χ1v) is 7.98. The number of ketones is 1. The van der Waals surface area contributed by atoms with Crippen molar-refractivity contribution in [2.45, 2.75) is 60.8 Å². The molecule has 1 aliphatic carbocycles. The molecule has 0 fully saturated rings. The molecule has 0 radical (unpaired) electrons. The molecule has 0 aromatic heterocycles. The molecule has 0 N–H and O–H groups in total. The van der Waals surface area contributed by atoms with Crippen LogP contribution in [0.3, 0.4) is 0 Å². The summed E-state index contributed by atoms with van der Waals surface area (Å²) in [6, 6.07) is 0. The molecular weight excluding hydrogens is 256 g/mol. The van der Waals surface area contributed by atoms with Gasteiger partial charge in [-0.3, -0.25) is 4.79 Å². The average Bonchev–Trinajstić information content (AvgIpc) is 2.37. The van der Waals surface area contributed by atoms with Gasteiger partial charge in [-0.1, -0.05) is 62.3 Å². The van der Waals surface area contributed by atoms with Crippen molar-refractivity contribution >= 4 is 5.78 Å². The lowest BCUT2D eigenvalue weighted by molar-refractivity contribution is -0.118. The third-order valence-electron chi connectivity index (χ3n) is 4.46. The fraction of sp³-hybridized carbons (Fsp3) is 0.550. The van der Waals surface area contributed by atoms with E-state index in [0.29, 0.717) is 0 Å². The van der Waals surface area contributed by atoms with Gasteiger partial charge in [0.05, 0.1) is 0 Å². The second-order valence-corrected chi connectivity index (χ2v) is 6.96. The minimum absolute atomic E-state index is 0.000241. The van der Waals surface area contributed by atoms with Crippen molar-refractivity contribution in [1.82, 2.24) is 0 Å². The van der Waals surface area contributed by atoms with Crippen LogP contribution in [-0.4, -0.2) is 5.78 Å². The molecule has 116 valence electrons. The Bertz CT molecular complexity index is 498. The smallest absolute Gasteiger partial charge is 0.136 e. The highest BCUT2D eigenvalue weighted by Gasteiger charge is 2.26. The SMILES string of the molecule is CC(=O)C(C)C=CC=C(C)C=CC1=C(C)CCCC1(C)C. The number of carbonyl (C=O) groups excluding carboxylic acids is 1. The maximum atomic E-state index is 11.2. The lowest BCUT2D eigenvalue weighted by Gasteiger charge is -2.32. The standard InChI is InChI=1S/C20H30O/c1-15(9-7-10-16(2)18(4)21)12-13-19-17(3)11-8-14-20(19,5)6/h7,9-10,12-13,16H,8,11,14H2,1-6H3. The molecule has 0 spiro atoms. The average molecular weight is 286 g/mol. The van der Waals surface area contributed by atoms with Crippen LogP contribution in [0.25, 0.3) is 0 Å². The third kappa shape index (κ3) is 5.49. The Morgan fingerprint density at radius 2 is 1.95 bits per heavy atom. The van der Waals surface area contributed by atoms with Crippen molar-refractivity contribution in [2.24, 2.45) is 11.3 Å². The summed E-state index contributed by atoms with van der Waals surface area (Å²) >= 11 is 0. The van der Waals surface area contributed by atoms with E-state index in [2.05, 4.69) is 45.9 Å². The summed E-state index contributed by atoms with van der Waals surface area (Å²) in [5.74, 6) is 0.206. The minimum atomic E-state index is 0.000241. The maximum Gasteiger partial charge on any atom is 0.136 e. The summed E-state index contributed by atoms with van der Waals surface area (Å²) in [5.41, 5.74) is 4.51. The highest BCUT2D eigenvalue weighted by Crippen LogP contribution is 2.40. The van der Waals surface area contributed by atoms with Crippen molar-refractivity contribution in [3.8, 4) is 0 Å². The summed E-state index contributed by atoms with van der Waals surface area (Å²) in [4.78, 5) is 11.2. The molecule has 1 atom stereocenters. The van der Waals surface area contributed by atoms with Crippen LogP contribution in [0.2, 0.25) is 0 Å². The van der Waals surface area contributed by atoms with Gasteiger partial charge < -0.3 is 0 Å². The Hall–Kier alpha value is -1.37. The zero-order valence-electron chi connectivity index (χ0n) is 14.5. The number of Topliss-reactive ketones (excluding diaryl/α,β-unsaturated/α-hetero) is 1. The predicted molar refractivity (Wildman–Crippen MR) is 92.2 cm³/mol. The molecular formula is C20H30O. The predicted octanol–water partition coefficient (Wildman–Crippen LogP) is 5.80. The molecule has 0 aromatic carbocycles. The number of hydrogen-bond donors (Lipinski definition) is 0. The van der Waals surface area contributed by atoms with Crippen LogP contribution < -0.4 is 0 Å². The Morgan fingerprint density at radius 3 is 2.52 bits per heavy atom. The van der Waals surface area contributed by atoms with E-state index in [-0.39, 0.29) is 17.1 Å². The fourth-order valence-electron chi connectivity index (χ4n) is 2.79. The summed E-state index contributed by atoms with van der Waals surface area (Å²) in [5, 5.41) is 0. The Balaban J connectivity index is 2.78. The Morgan fingerprint density at radius 1 is 1.29 bits per heavy atom. The van der Waals surface area contributed by atoms with Crippen molar-refractivity contribution < 1.29 is 4.79 Å². The van der Waals surface area contributed by atoms with Crippen LogP contribution in [0.1, 0.15) is 60.8 Å². The van der Waals surface area contributed by atoms with Gasteiger partial charge >= 0.3 is 0 Å². The van der Waals surface area contributed by atoms with Crippen molar-refractivity contribution in [1.29, 1.82) is 0 Å². The largest absolute Gasteiger partial charge is 0.299 e. The van der Waals surface area contributed by atoms with Crippen molar-refractivity contribution in [2.75, 3.05) is 0 Å². The first-order valence-electron chi connectivity index (χ1n) is 7.98. The molecule has 1 aliphatic rings. The zero-order chi connectivity index (χ0) is 16.0. The lowest BCUT2D eigenvalue weighted by Crippen LogP contribution is -2.19. The van der Waals surface area contributed by atoms with Crippen LogP contribution in [0.4, 0.5) is 0 Å². The lowest BCUT2D eigenvalue weighted by atomic mass is 9.72. The second-order valence-electron chi connectivity index (χ2n) is 6.96. The van der Waals surface area contributed by atoms with Gasteiger partial charge in [-0.15, -0.1) is 0 Å². The molecule has 1 nitrogen and oxygen atoms in total. The number of carbonyl (C=O) groups is 1. The molecule has 0 bridgehead atoms. The van der Waals surface area contributed by atoms with Crippen molar-refractivity contribution in [3.05, 3.63) is 47.1 Å². The summed E-state index contributed by atoms with van der Waals surface area (Å²) in [6.45, 7) is 12.6. The van der Waals surface area contributed by atoms with E-state index in [0.717, 1.165) is 0 Å². The fourth-order valence-corrected chi connectivity index (χ4v) is 2.79. The van der Waals surface area contributed by atoms with Gasteiger partial charge in [0.25, 0.3) is 0 Å². The molecule has 0 saturated carbocycles. The first-order chi connectivity index (χ1) is 9.74. The monoisotopic (exact) mass is 286 g/mol. The summed E-state index contributed by atoms with van der Waals surface area (Å²) in [6.07, 6.45) is 14.3. The van der Waals surface area contributed by atoms with Crippen LogP contribution in [0, 0.1) is 11.3 Å². The maximum absolute atomic E-state index is 11.2. The molecule has 0 aromatic rings. The van der Waals surface area contributed by atoms with E-state index < -0.39 is 0 Å². The molecule has 0 aliphatic heterocycles. The Labute approximate surface area is 130 Å². The van der Waals surface area contributed by atoms with E-state index >= 15 is 0 Å². The van der Waals surface area contributed by atoms with Crippen LogP contribution in [0.15, 0.2) is 47.1 Å². The molecule has 1 unspecified atom stereocenters. The number of allylic oxidation sites excluding steroid dienone is 8. The second kappa shape index (κ2) is 7.59. The summed E-state index contributed by atoms with van der Waals surface area (Å²) < 4.78 is 0. The van der Waals surface area contributed by atoms with Crippen molar-refractivity contribution in [3.63, 3.8) is 0 Å². The van der Waals surface area contributed by atoms with Crippen LogP contribution >= 0.6 is 0 Å². The van der Waals surface area contributed by atoms with E-state index in [9.17, 15) is 4.79 Å². The molecule has 1 heteroatoms. The van der Waals surface area contributed by atoms with E-state index in [1.54, 1.807) is 6.92 Å². The van der Waals surface area contributed by atoms with Gasteiger partial charge in [0, 0.05) is 5.92 Å². The molecule has 21 heavy (non-hydrogen) atoms. The normalized spacial score (nSPS) is 21.3. The van der Waals surface area contributed by atoms with Gasteiger partial charge in [0.2, 0.25) is 0 Å². The Kier molecular flexibility index (Phi) is 6.39. The van der Waals surface area contributed by atoms with Crippen LogP contribution in [-0.2, 0) is 4.79 Å². The quantitative estimate of drug-likeness (QED) is 0.584. The van der Waals surface area contributed by atoms with E-state index in [1.165, 1.54) is 36.0 Å². The minimum Gasteiger partial charge on any atom is -0.299 e. The van der Waals surface area contributed by atoms with Gasteiger partial charge in [0.1, 0.15) is 5.78 Å².